The van der Waals surface area contributed by atoms with Crippen molar-refractivity contribution in [3.8, 4) is 0 Å². The monoisotopic (exact) mass is 206 g/mol. The molecule has 0 fully saturated rings. The van der Waals surface area contributed by atoms with Gasteiger partial charge >= 0.3 is 0 Å². The summed E-state index contributed by atoms with van der Waals surface area (Å²) >= 11 is 1.43. The zero-order valence-corrected chi connectivity index (χ0v) is 8.53. The Labute approximate surface area is 85.7 Å². The van der Waals surface area contributed by atoms with Gasteiger partial charge in [-0.3, -0.25) is 0 Å². The highest BCUT2D eigenvalue weighted by molar-refractivity contribution is 7.13. The number of imidazole rings is 1. The molecule has 0 bridgehead atoms. The van der Waals surface area contributed by atoms with Crippen molar-refractivity contribution in [2.45, 2.75) is 0 Å². The van der Waals surface area contributed by atoms with Crippen LogP contribution in [0.15, 0.2) is 17.9 Å². The van der Waals surface area contributed by atoms with Gasteiger partial charge in [0.1, 0.15) is 0 Å². The van der Waals surface area contributed by atoms with Crippen molar-refractivity contribution in [3.05, 3.63) is 29.3 Å². The van der Waals surface area contributed by atoms with Gasteiger partial charge in [0.15, 0.2) is 5.13 Å². The van der Waals surface area contributed by atoms with Crippen LogP contribution in [0.2, 0.25) is 0 Å². The largest absolute Gasteiger partial charge is 0.375 e. The lowest BCUT2D eigenvalue weighted by molar-refractivity contribution is 0.913. The Kier molecular flexibility index (Phi) is 2.32. The molecule has 0 radical (unpaired) electrons. The summed E-state index contributed by atoms with van der Waals surface area (Å²) in [6.07, 6.45) is 7.50. The molecule has 0 aliphatic carbocycles. The van der Waals surface area contributed by atoms with E-state index in [4.69, 9.17) is 5.73 Å². The first-order valence-electron chi connectivity index (χ1n) is 4.11. The molecule has 2 rings (SSSR count). The summed E-state index contributed by atoms with van der Waals surface area (Å²) in [6, 6.07) is 0. The van der Waals surface area contributed by atoms with Crippen LogP contribution in [0.3, 0.4) is 0 Å². The zero-order chi connectivity index (χ0) is 9.97. The van der Waals surface area contributed by atoms with Gasteiger partial charge in [-0.05, 0) is 12.2 Å². The fourth-order valence-electron chi connectivity index (χ4n) is 1.07. The van der Waals surface area contributed by atoms with E-state index in [1.54, 1.807) is 6.33 Å². The van der Waals surface area contributed by atoms with Gasteiger partial charge < -0.3 is 10.3 Å². The lowest BCUT2D eigenvalue weighted by atomic mass is 10.3. The second kappa shape index (κ2) is 3.63. The van der Waals surface area contributed by atoms with Crippen LogP contribution in [0.5, 0.6) is 0 Å². The SMILES string of the molecule is Cn1cnc(C=Cc2csc(N)n2)c1. The van der Waals surface area contributed by atoms with Crippen LogP contribution in [-0.4, -0.2) is 14.5 Å². The molecule has 0 unspecified atom stereocenters. The molecule has 14 heavy (non-hydrogen) atoms. The fraction of sp³-hybridized carbons (Fsp3) is 0.111. The number of aromatic nitrogens is 3. The molecule has 2 heterocycles. The Morgan fingerprint density at radius 1 is 1.43 bits per heavy atom. The normalized spacial score (nSPS) is 11.2. The van der Waals surface area contributed by atoms with Crippen molar-refractivity contribution in [2.75, 3.05) is 5.73 Å². The third-order valence-electron chi connectivity index (χ3n) is 1.69. The Bertz CT molecular complexity index is 413. The van der Waals surface area contributed by atoms with E-state index < -0.39 is 0 Å². The molecule has 0 aliphatic rings. The second-order valence-corrected chi connectivity index (χ2v) is 3.80. The minimum Gasteiger partial charge on any atom is -0.375 e. The Morgan fingerprint density at radius 2 is 2.21 bits per heavy atom. The number of rotatable bonds is 2. The van der Waals surface area contributed by atoms with Gasteiger partial charge in [-0.25, -0.2) is 9.97 Å². The van der Waals surface area contributed by atoms with Gasteiger partial charge in [0, 0.05) is 18.6 Å². The highest BCUT2D eigenvalue weighted by Gasteiger charge is 1.94. The summed E-state index contributed by atoms with van der Waals surface area (Å²) < 4.78 is 1.90. The summed E-state index contributed by atoms with van der Waals surface area (Å²) in [7, 11) is 1.94. The van der Waals surface area contributed by atoms with Crippen molar-refractivity contribution in [2.24, 2.45) is 7.05 Å². The smallest absolute Gasteiger partial charge is 0.180 e. The van der Waals surface area contributed by atoms with Gasteiger partial charge in [0.25, 0.3) is 0 Å². The lowest BCUT2D eigenvalue weighted by Gasteiger charge is -1.83. The fourth-order valence-corrected chi connectivity index (χ4v) is 1.60. The molecular formula is C9H10N4S. The highest BCUT2D eigenvalue weighted by Crippen LogP contribution is 2.13. The summed E-state index contributed by atoms with van der Waals surface area (Å²) in [5.74, 6) is 0. The number of aryl methyl sites for hydroxylation is 1. The predicted octanol–water partition coefficient (Wildman–Crippen LogP) is 1.63. The van der Waals surface area contributed by atoms with Crippen LogP contribution in [0, 0.1) is 0 Å². The maximum atomic E-state index is 5.51. The third-order valence-corrected chi connectivity index (χ3v) is 2.38. The molecule has 2 aromatic heterocycles. The Morgan fingerprint density at radius 3 is 2.79 bits per heavy atom. The van der Waals surface area contributed by atoms with Crippen molar-refractivity contribution >= 4 is 28.6 Å². The van der Waals surface area contributed by atoms with Gasteiger partial charge in [0.2, 0.25) is 0 Å². The minimum atomic E-state index is 0.589. The third kappa shape index (κ3) is 2.00. The number of anilines is 1. The molecule has 5 heteroatoms. The van der Waals surface area contributed by atoms with Gasteiger partial charge in [-0.2, -0.15) is 0 Å². The van der Waals surface area contributed by atoms with E-state index in [0.29, 0.717) is 5.13 Å². The zero-order valence-electron chi connectivity index (χ0n) is 7.71. The number of thiazole rings is 1. The molecule has 0 atom stereocenters. The van der Waals surface area contributed by atoms with Crippen molar-refractivity contribution in [1.29, 1.82) is 0 Å². The van der Waals surface area contributed by atoms with E-state index in [9.17, 15) is 0 Å². The molecule has 0 saturated carbocycles. The van der Waals surface area contributed by atoms with Crippen molar-refractivity contribution < 1.29 is 0 Å². The van der Waals surface area contributed by atoms with Gasteiger partial charge in [0.05, 0.1) is 17.7 Å². The topological polar surface area (TPSA) is 56.7 Å². The van der Waals surface area contributed by atoms with E-state index in [-0.39, 0.29) is 0 Å². The van der Waals surface area contributed by atoms with Crippen LogP contribution >= 0.6 is 11.3 Å². The quantitative estimate of drug-likeness (QED) is 0.812. The van der Waals surface area contributed by atoms with Gasteiger partial charge in [-0.15, -0.1) is 11.3 Å². The number of hydrogen-bond acceptors (Lipinski definition) is 4. The van der Waals surface area contributed by atoms with Crippen molar-refractivity contribution in [3.63, 3.8) is 0 Å². The summed E-state index contributed by atoms with van der Waals surface area (Å²) in [5.41, 5.74) is 7.29. The average Bonchev–Trinajstić information content (AvgIpc) is 2.72. The van der Waals surface area contributed by atoms with Crippen LogP contribution in [0.4, 0.5) is 5.13 Å². The van der Waals surface area contributed by atoms with Gasteiger partial charge in [-0.1, -0.05) is 0 Å². The van der Waals surface area contributed by atoms with Crippen LogP contribution in [0.25, 0.3) is 12.2 Å². The molecule has 4 nitrogen and oxygen atoms in total. The van der Waals surface area contributed by atoms with Crippen molar-refractivity contribution in [1.82, 2.24) is 14.5 Å². The van der Waals surface area contributed by atoms with Crippen LogP contribution < -0.4 is 5.73 Å². The number of nitrogens with two attached hydrogens (primary N) is 1. The average molecular weight is 206 g/mol. The summed E-state index contributed by atoms with van der Waals surface area (Å²) in [5, 5.41) is 2.50. The molecule has 2 N–H and O–H groups in total. The first-order chi connectivity index (χ1) is 6.74. The van der Waals surface area contributed by atoms with Crippen LogP contribution in [-0.2, 0) is 7.05 Å². The minimum absolute atomic E-state index is 0.589. The van der Waals surface area contributed by atoms with E-state index in [0.717, 1.165) is 11.4 Å². The highest BCUT2D eigenvalue weighted by atomic mass is 32.1. The first kappa shape index (κ1) is 8.96. The number of nitrogens with zero attached hydrogens (tertiary/aromatic N) is 3. The molecular weight excluding hydrogens is 196 g/mol. The standard InChI is InChI=1S/C9H10N4S/c1-13-4-7(11-6-13)2-3-8-5-14-9(10)12-8/h2-6H,1H3,(H2,10,12). The molecule has 0 amide bonds. The number of nitrogen functional groups attached to an aromatic ring is 1. The van der Waals surface area contributed by atoms with E-state index in [2.05, 4.69) is 9.97 Å². The summed E-state index contributed by atoms with van der Waals surface area (Å²) in [4.78, 5) is 8.27. The van der Waals surface area contributed by atoms with Crippen LogP contribution in [0.1, 0.15) is 11.4 Å². The molecule has 0 spiro atoms. The maximum absolute atomic E-state index is 5.51. The van der Waals surface area contributed by atoms with E-state index >= 15 is 0 Å². The Balaban J connectivity index is 2.14. The second-order valence-electron chi connectivity index (χ2n) is 2.91. The molecule has 72 valence electrons. The Hall–Kier alpha value is -1.62. The lowest BCUT2D eigenvalue weighted by Crippen LogP contribution is -1.81. The van der Waals surface area contributed by atoms with E-state index in [1.807, 2.05) is 35.3 Å². The molecule has 0 aliphatic heterocycles. The molecule has 0 aromatic carbocycles. The molecule has 0 saturated heterocycles. The number of hydrogen-bond donors (Lipinski definition) is 1. The summed E-state index contributed by atoms with van der Waals surface area (Å²) in [6.45, 7) is 0. The van der Waals surface area contributed by atoms with E-state index in [1.165, 1.54) is 11.3 Å². The first-order valence-corrected chi connectivity index (χ1v) is 4.99. The predicted molar refractivity (Wildman–Crippen MR) is 58.7 cm³/mol. The molecule has 2 aromatic rings. The maximum Gasteiger partial charge on any atom is 0.180 e.